The first kappa shape index (κ1) is 15.9. The van der Waals surface area contributed by atoms with Crippen molar-refractivity contribution in [1.29, 1.82) is 0 Å². The summed E-state index contributed by atoms with van der Waals surface area (Å²) >= 11 is 5.93. The van der Waals surface area contributed by atoms with Gasteiger partial charge in [-0.2, -0.15) is 0 Å². The third-order valence-electron chi connectivity index (χ3n) is 3.00. The van der Waals surface area contributed by atoms with Gasteiger partial charge in [-0.05, 0) is 36.4 Å². The van der Waals surface area contributed by atoms with Crippen LogP contribution in [0.4, 0.5) is 17.2 Å². The Bertz CT molecular complexity index is 700. The minimum absolute atomic E-state index is 0.232. The van der Waals surface area contributed by atoms with Crippen LogP contribution in [0.15, 0.2) is 42.6 Å². The van der Waals surface area contributed by atoms with Crippen LogP contribution in [-0.2, 0) is 4.79 Å². The first-order valence-corrected chi connectivity index (χ1v) is 7.11. The molecule has 2 aromatic rings. The van der Waals surface area contributed by atoms with Crippen molar-refractivity contribution < 1.29 is 4.79 Å². The molecule has 1 aromatic carbocycles. The van der Waals surface area contributed by atoms with Gasteiger partial charge in [0.2, 0.25) is 5.91 Å². The lowest BCUT2D eigenvalue weighted by molar-refractivity contribution is -0.111. The first-order valence-electron chi connectivity index (χ1n) is 6.73. The van der Waals surface area contributed by atoms with Crippen LogP contribution >= 0.6 is 11.6 Å². The highest BCUT2D eigenvalue weighted by Crippen LogP contribution is 2.25. The molecule has 6 heteroatoms. The smallest absolute Gasteiger partial charge is 0.248 e. The van der Waals surface area contributed by atoms with Crippen LogP contribution in [0.25, 0.3) is 6.08 Å². The van der Waals surface area contributed by atoms with Crippen molar-refractivity contribution in [2.75, 3.05) is 30.0 Å². The summed E-state index contributed by atoms with van der Waals surface area (Å²) in [4.78, 5) is 16.2. The van der Waals surface area contributed by atoms with E-state index >= 15 is 0 Å². The zero-order valence-corrected chi connectivity index (χ0v) is 13.1. The van der Waals surface area contributed by atoms with Crippen LogP contribution in [0.3, 0.4) is 0 Å². The summed E-state index contributed by atoms with van der Waals surface area (Å²) in [6, 6.07) is 8.92. The number of pyridine rings is 1. The number of amides is 1. The third-order valence-corrected chi connectivity index (χ3v) is 3.23. The van der Waals surface area contributed by atoms with Crippen LogP contribution in [0, 0.1) is 0 Å². The fourth-order valence-corrected chi connectivity index (χ4v) is 2.11. The molecule has 3 N–H and O–H groups in total. The number of benzene rings is 1. The van der Waals surface area contributed by atoms with Gasteiger partial charge in [0.1, 0.15) is 5.82 Å². The summed E-state index contributed by atoms with van der Waals surface area (Å²) in [7, 11) is 3.55. The van der Waals surface area contributed by atoms with E-state index in [1.807, 2.05) is 12.1 Å². The Hall–Kier alpha value is -2.53. The van der Waals surface area contributed by atoms with Crippen molar-refractivity contribution in [3.8, 4) is 0 Å². The van der Waals surface area contributed by atoms with E-state index in [4.69, 9.17) is 11.6 Å². The fourth-order valence-electron chi connectivity index (χ4n) is 1.93. The largest absolute Gasteiger partial charge is 0.386 e. The molecule has 1 heterocycles. The normalized spacial score (nSPS) is 10.5. The second-order valence-electron chi connectivity index (χ2n) is 4.45. The Kier molecular flexibility index (Phi) is 5.38. The van der Waals surface area contributed by atoms with Gasteiger partial charge < -0.3 is 16.0 Å². The van der Waals surface area contributed by atoms with Gasteiger partial charge in [-0.1, -0.05) is 11.6 Å². The topological polar surface area (TPSA) is 66.0 Å². The molecule has 0 unspecified atom stereocenters. The molecule has 0 spiro atoms. The number of carbonyl (C=O) groups is 1. The van der Waals surface area contributed by atoms with Crippen molar-refractivity contribution in [1.82, 2.24) is 4.98 Å². The minimum atomic E-state index is -0.232. The maximum atomic E-state index is 12.0. The number of nitrogens with zero attached hydrogens (tertiary/aromatic N) is 1. The maximum Gasteiger partial charge on any atom is 0.248 e. The Labute approximate surface area is 134 Å². The van der Waals surface area contributed by atoms with Gasteiger partial charge in [-0.25, -0.2) is 4.98 Å². The summed E-state index contributed by atoms with van der Waals surface area (Å²) in [5, 5.41) is 9.38. The molecular weight excluding hydrogens is 300 g/mol. The number of nitrogens with one attached hydrogen (secondary N) is 3. The molecule has 0 aliphatic heterocycles. The predicted octanol–water partition coefficient (Wildman–Crippen LogP) is 3.47. The Morgan fingerprint density at radius 1 is 1.18 bits per heavy atom. The highest BCUT2D eigenvalue weighted by molar-refractivity contribution is 6.31. The fraction of sp³-hybridized carbons (Fsp3) is 0.125. The number of hydrogen-bond donors (Lipinski definition) is 3. The predicted molar refractivity (Wildman–Crippen MR) is 92.4 cm³/mol. The zero-order valence-electron chi connectivity index (χ0n) is 12.4. The van der Waals surface area contributed by atoms with Crippen molar-refractivity contribution in [3.05, 3.63) is 53.2 Å². The standard InChI is InChI=1S/C16H17ClN4O/c1-18-14-10-12(17)6-7-13(14)21-15(22)8-5-11-4-3-9-20-16(11)19-2/h3-10,18H,1-2H3,(H,19,20)(H,21,22)/b8-5+. The van der Waals surface area contributed by atoms with E-state index in [1.54, 1.807) is 44.6 Å². The Morgan fingerprint density at radius 2 is 2.00 bits per heavy atom. The van der Waals surface area contributed by atoms with E-state index in [-0.39, 0.29) is 5.91 Å². The van der Waals surface area contributed by atoms with Gasteiger partial charge in [0.25, 0.3) is 0 Å². The third kappa shape index (κ3) is 3.99. The molecule has 0 saturated heterocycles. The summed E-state index contributed by atoms with van der Waals surface area (Å²) < 4.78 is 0. The molecular formula is C16H17ClN4O. The molecule has 0 bridgehead atoms. The van der Waals surface area contributed by atoms with Gasteiger partial charge in [0.05, 0.1) is 11.4 Å². The van der Waals surface area contributed by atoms with Crippen LogP contribution in [0.2, 0.25) is 5.02 Å². The molecule has 22 heavy (non-hydrogen) atoms. The van der Waals surface area contributed by atoms with Gasteiger partial charge in [0.15, 0.2) is 0 Å². The van der Waals surface area contributed by atoms with Crippen molar-refractivity contribution >= 4 is 40.8 Å². The number of halogens is 1. The summed E-state index contributed by atoms with van der Waals surface area (Å²) in [6.45, 7) is 0. The average Bonchev–Trinajstić information content (AvgIpc) is 2.54. The van der Waals surface area contributed by atoms with Crippen LogP contribution in [0.5, 0.6) is 0 Å². The van der Waals surface area contributed by atoms with Crippen molar-refractivity contribution in [2.24, 2.45) is 0 Å². The number of aromatic nitrogens is 1. The lowest BCUT2D eigenvalue weighted by Gasteiger charge is -2.09. The average molecular weight is 317 g/mol. The van der Waals surface area contributed by atoms with Gasteiger partial charge >= 0.3 is 0 Å². The molecule has 2 rings (SSSR count). The quantitative estimate of drug-likeness (QED) is 0.739. The van der Waals surface area contributed by atoms with Crippen molar-refractivity contribution in [3.63, 3.8) is 0 Å². The molecule has 1 aromatic heterocycles. The lowest BCUT2D eigenvalue weighted by Crippen LogP contribution is -2.09. The lowest BCUT2D eigenvalue weighted by atomic mass is 10.2. The van der Waals surface area contributed by atoms with Crippen LogP contribution in [-0.4, -0.2) is 25.0 Å². The van der Waals surface area contributed by atoms with Crippen LogP contribution in [0.1, 0.15) is 5.56 Å². The van der Waals surface area contributed by atoms with E-state index in [9.17, 15) is 4.79 Å². The number of carbonyl (C=O) groups excluding carboxylic acids is 1. The maximum absolute atomic E-state index is 12.0. The summed E-state index contributed by atoms with van der Waals surface area (Å²) in [6.07, 6.45) is 4.87. The van der Waals surface area contributed by atoms with Crippen molar-refractivity contribution in [2.45, 2.75) is 0 Å². The van der Waals surface area contributed by atoms with E-state index < -0.39 is 0 Å². The molecule has 0 fully saturated rings. The Balaban J connectivity index is 2.12. The van der Waals surface area contributed by atoms with Gasteiger partial charge in [-0.15, -0.1) is 0 Å². The monoisotopic (exact) mass is 316 g/mol. The second kappa shape index (κ2) is 7.47. The van der Waals surface area contributed by atoms with E-state index in [1.165, 1.54) is 6.08 Å². The molecule has 0 aliphatic carbocycles. The van der Waals surface area contributed by atoms with Gasteiger partial charge in [-0.3, -0.25) is 4.79 Å². The molecule has 0 aliphatic rings. The highest BCUT2D eigenvalue weighted by atomic mass is 35.5. The number of hydrogen-bond acceptors (Lipinski definition) is 4. The van der Waals surface area contributed by atoms with E-state index in [0.717, 1.165) is 11.3 Å². The SMILES string of the molecule is CNc1cc(Cl)ccc1NC(=O)/C=C/c1cccnc1NC. The Morgan fingerprint density at radius 3 is 2.73 bits per heavy atom. The first-order chi connectivity index (χ1) is 10.6. The zero-order chi connectivity index (χ0) is 15.9. The van der Waals surface area contributed by atoms with Crippen LogP contribution < -0.4 is 16.0 Å². The summed E-state index contributed by atoms with van der Waals surface area (Å²) in [5.41, 5.74) is 2.26. The number of rotatable bonds is 5. The molecule has 1 amide bonds. The van der Waals surface area contributed by atoms with E-state index in [2.05, 4.69) is 20.9 Å². The molecule has 0 saturated carbocycles. The molecule has 5 nitrogen and oxygen atoms in total. The highest BCUT2D eigenvalue weighted by Gasteiger charge is 2.05. The van der Waals surface area contributed by atoms with Gasteiger partial charge in [0, 0.05) is 37.0 Å². The molecule has 114 valence electrons. The molecule has 0 atom stereocenters. The second-order valence-corrected chi connectivity index (χ2v) is 4.89. The number of anilines is 3. The van der Waals surface area contributed by atoms with E-state index in [0.29, 0.717) is 16.5 Å². The minimum Gasteiger partial charge on any atom is -0.386 e. The summed E-state index contributed by atoms with van der Waals surface area (Å²) in [5.74, 6) is 0.485. The molecule has 0 radical (unpaired) electrons.